The Balaban J connectivity index is 0. The molecular formula is C14H25Cl2N3O. The first-order valence-electron chi connectivity index (χ1n) is 6.48. The molecule has 4 nitrogen and oxygen atoms in total. The van der Waals surface area contributed by atoms with Crippen LogP contribution < -0.4 is 11.1 Å². The molecule has 0 aromatic carbocycles. The molecule has 20 heavy (non-hydrogen) atoms. The van der Waals surface area contributed by atoms with Gasteiger partial charge in [-0.25, -0.2) is 0 Å². The van der Waals surface area contributed by atoms with Crippen LogP contribution in [0.4, 0.5) is 0 Å². The van der Waals surface area contributed by atoms with E-state index in [9.17, 15) is 4.79 Å². The predicted octanol–water partition coefficient (Wildman–Crippen LogP) is 2.41. The summed E-state index contributed by atoms with van der Waals surface area (Å²) in [5, 5.41) is 3.05. The van der Waals surface area contributed by atoms with Crippen LogP contribution in [0.15, 0.2) is 18.3 Å². The van der Waals surface area contributed by atoms with E-state index in [0.29, 0.717) is 13.0 Å². The molecule has 6 heteroatoms. The molecule has 0 radical (unpaired) electrons. The van der Waals surface area contributed by atoms with Gasteiger partial charge in [0, 0.05) is 18.4 Å². The average molecular weight is 322 g/mol. The van der Waals surface area contributed by atoms with Crippen LogP contribution in [0.2, 0.25) is 0 Å². The molecule has 1 aromatic rings. The summed E-state index contributed by atoms with van der Waals surface area (Å²) in [5.74, 6) is 0.00908. The minimum absolute atomic E-state index is 0. The lowest BCUT2D eigenvalue weighted by Crippen LogP contribution is -2.53. The molecule has 0 saturated carbocycles. The molecule has 1 aromatic heterocycles. The Morgan fingerprint density at radius 1 is 1.30 bits per heavy atom. The van der Waals surface area contributed by atoms with E-state index in [2.05, 4.69) is 10.3 Å². The minimum Gasteiger partial charge on any atom is -0.349 e. The summed E-state index contributed by atoms with van der Waals surface area (Å²) < 4.78 is 0. The first kappa shape index (κ1) is 21.5. The standard InChI is InChI=1S/C14H23N3O.2ClH/c1-4-14(5-2,10-15)17-13(18)8-12-7-6-11(3)16-9-12;;/h6-7,9H,4-5,8,10,15H2,1-3H3,(H,17,18);2*1H. The summed E-state index contributed by atoms with van der Waals surface area (Å²) in [6.45, 7) is 6.49. The van der Waals surface area contributed by atoms with E-state index in [1.807, 2.05) is 32.9 Å². The van der Waals surface area contributed by atoms with Crippen LogP contribution >= 0.6 is 24.8 Å². The van der Waals surface area contributed by atoms with Crippen molar-refractivity contribution in [3.8, 4) is 0 Å². The third-order valence-electron chi connectivity index (χ3n) is 3.49. The van der Waals surface area contributed by atoms with E-state index in [4.69, 9.17) is 5.73 Å². The molecule has 0 bridgehead atoms. The smallest absolute Gasteiger partial charge is 0.224 e. The Morgan fingerprint density at radius 3 is 2.30 bits per heavy atom. The molecular weight excluding hydrogens is 297 g/mol. The van der Waals surface area contributed by atoms with Gasteiger partial charge in [0.2, 0.25) is 5.91 Å². The van der Waals surface area contributed by atoms with Crippen LogP contribution in [0.5, 0.6) is 0 Å². The topological polar surface area (TPSA) is 68.0 Å². The number of pyridine rings is 1. The lowest BCUT2D eigenvalue weighted by atomic mass is 9.92. The number of hydrogen-bond acceptors (Lipinski definition) is 3. The van der Waals surface area contributed by atoms with E-state index in [1.165, 1.54) is 0 Å². The van der Waals surface area contributed by atoms with Crippen molar-refractivity contribution in [1.29, 1.82) is 0 Å². The van der Waals surface area contributed by atoms with E-state index in [-0.39, 0.29) is 36.3 Å². The van der Waals surface area contributed by atoms with Gasteiger partial charge in [-0.05, 0) is 31.4 Å². The largest absolute Gasteiger partial charge is 0.349 e. The van der Waals surface area contributed by atoms with Crippen LogP contribution in [0, 0.1) is 6.92 Å². The van der Waals surface area contributed by atoms with Gasteiger partial charge in [0.1, 0.15) is 0 Å². The Labute approximate surface area is 133 Å². The van der Waals surface area contributed by atoms with Gasteiger partial charge >= 0.3 is 0 Å². The monoisotopic (exact) mass is 321 g/mol. The Hall–Kier alpha value is -0.840. The van der Waals surface area contributed by atoms with Crippen LogP contribution in [0.1, 0.15) is 37.9 Å². The van der Waals surface area contributed by atoms with Gasteiger partial charge in [0.25, 0.3) is 0 Å². The zero-order valence-electron chi connectivity index (χ0n) is 12.3. The van der Waals surface area contributed by atoms with Crippen molar-refractivity contribution in [2.75, 3.05) is 6.54 Å². The first-order valence-corrected chi connectivity index (χ1v) is 6.48. The van der Waals surface area contributed by atoms with Crippen molar-refractivity contribution < 1.29 is 4.79 Å². The highest BCUT2D eigenvalue weighted by Gasteiger charge is 2.26. The minimum atomic E-state index is -0.269. The van der Waals surface area contributed by atoms with Crippen molar-refractivity contribution in [3.05, 3.63) is 29.6 Å². The maximum absolute atomic E-state index is 12.0. The zero-order chi connectivity index (χ0) is 13.6. The fourth-order valence-electron chi connectivity index (χ4n) is 1.89. The van der Waals surface area contributed by atoms with Crippen molar-refractivity contribution in [2.24, 2.45) is 5.73 Å². The van der Waals surface area contributed by atoms with Crippen molar-refractivity contribution in [3.63, 3.8) is 0 Å². The van der Waals surface area contributed by atoms with Gasteiger partial charge in [0.05, 0.1) is 12.0 Å². The number of rotatable bonds is 6. The van der Waals surface area contributed by atoms with Gasteiger partial charge in [-0.3, -0.25) is 9.78 Å². The molecule has 0 aliphatic carbocycles. The predicted molar refractivity (Wildman–Crippen MR) is 87.7 cm³/mol. The summed E-state index contributed by atoms with van der Waals surface area (Å²) >= 11 is 0. The number of nitrogens with one attached hydrogen (secondary N) is 1. The summed E-state index contributed by atoms with van der Waals surface area (Å²) in [6.07, 6.45) is 3.79. The maximum atomic E-state index is 12.0. The van der Waals surface area contributed by atoms with Crippen LogP contribution in [0.3, 0.4) is 0 Å². The van der Waals surface area contributed by atoms with E-state index >= 15 is 0 Å². The number of hydrogen-bond donors (Lipinski definition) is 2. The van der Waals surface area contributed by atoms with Crippen molar-refractivity contribution >= 4 is 30.7 Å². The third-order valence-corrected chi connectivity index (χ3v) is 3.49. The first-order chi connectivity index (χ1) is 8.55. The second kappa shape index (κ2) is 9.97. The molecule has 0 aliphatic rings. The summed E-state index contributed by atoms with van der Waals surface area (Å²) in [5.41, 5.74) is 7.38. The Morgan fingerprint density at radius 2 is 1.90 bits per heavy atom. The van der Waals surface area contributed by atoms with E-state index in [0.717, 1.165) is 24.1 Å². The molecule has 0 unspecified atom stereocenters. The highest BCUT2D eigenvalue weighted by atomic mass is 35.5. The van der Waals surface area contributed by atoms with E-state index < -0.39 is 0 Å². The molecule has 1 rings (SSSR count). The summed E-state index contributed by atoms with van der Waals surface area (Å²) in [7, 11) is 0. The van der Waals surface area contributed by atoms with E-state index in [1.54, 1.807) is 6.20 Å². The van der Waals surface area contributed by atoms with Gasteiger partial charge < -0.3 is 11.1 Å². The number of halogens is 2. The highest BCUT2D eigenvalue weighted by molar-refractivity contribution is 5.85. The van der Waals surface area contributed by atoms with Crippen LogP contribution in [-0.2, 0) is 11.2 Å². The fourth-order valence-corrected chi connectivity index (χ4v) is 1.89. The normalized spacial score (nSPS) is 10.2. The number of nitrogens with zero attached hydrogens (tertiary/aromatic N) is 1. The van der Waals surface area contributed by atoms with Gasteiger partial charge in [-0.1, -0.05) is 19.9 Å². The number of nitrogens with two attached hydrogens (primary N) is 1. The molecule has 0 spiro atoms. The quantitative estimate of drug-likeness (QED) is 0.845. The lowest BCUT2D eigenvalue weighted by Gasteiger charge is -2.31. The number of carbonyl (C=O) groups excluding carboxylic acids is 1. The van der Waals surface area contributed by atoms with Crippen LogP contribution in [0.25, 0.3) is 0 Å². The molecule has 1 amide bonds. The van der Waals surface area contributed by atoms with Gasteiger partial charge in [0.15, 0.2) is 0 Å². The molecule has 0 saturated heterocycles. The SMILES string of the molecule is CCC(CC)(CN)NC(=O)Cc1ccc(C)nc1.Cl.Cl. The van der Waals surface area contributed by atoms with Crippen molar-refractivity contribution in [1.82, 2.24) is 10.3 Å². The number of amides is 1. The number of carbonyl (C=O) groups is 1. The molecule has 3 N–H and O–H groups in total. The van der Waals surface area contributed by atoms with Gasteiger partial charge in [-0.2, -0.15) is 0 Å². The second-order valence-electron chi connectivity index (χ2n) is 4.72. The lowest BCUT2D eigenvalue weighted by molar-refractivity contribution is -0.122. The van der Waals surface area contributed by atoms with Gasteiger partial charge in [-0.15, -0.1) is 24.8 Å². The Kier molecular flexibility index (Phi) is 10.7. The maximum Gasteiger partial charge on any atom is 0.224 e. The summed E-state index contributed by atoms with van der Waals surface area (Å²) in [6, 6.07) is 3.85. The van der Waals surface area contributed by atoms with Crippen molar-refractivity contribution in [2.45, 2.75) is 45.6 Å². The summed E-state index contributed by atoms with van der Waals surface area (Å²) in [4.78, 5) is 16.2. The second-order valence-corrected chi connectivity index (χ2v) is 4.72. The van der Waals surface area contributed by atoms with Crippen LogP contribution in [-0.4, -0.2) is 23.0 Å². The molecule has 116 valence electrons. The number of aryl methyl sites for hydroxylation is 1. The zero-order valence-corrected chi connectivity index (χ0v) is 13.9. The Bertz CT molecular complexity index is 384. The molecule has 0 aliphatic heterocycles. The molecule has 0 fully saturated rings. The average Bonchev–Trinajstić information content (AvgIpc) is 2.39. The molecule has 1 heterocycles. The third kappa shape index (κ3) is 6.07. The fraction of sp³-hybridized carbons (Fsp3) is 0.571. The number of aromatic nitrogens is 1. The highest BCUT2D eigenvalue weighted by Crippen LogP contribution is 2.13. The molecule has 0 atom stereocenters.